The first-order chi connectivity index (χ1) is 10.0. The zero-order valence-electron chi connectivity index (χ0n) is 12.2. The van der Waals surface area contributed by atoms with E-state index in [0.29, 0.717) is 13.2 Å². The van der Waals surface area contributed by atoms with Crippen LogP contribution in [0.25, 0.3) is 0 Å². The Balaban J connectivity index is 2.33. The van der Waals surface area contributed by atoms with Gasteiger partial charge >= 0.3 is 0 Å². The van der Waals surface area contributed by atoms with Crippen LogP contribution in [-0.2, 0) is 4.74 Å². The molecule has 0 saturated heterocycles. The Kier molecular flexibility index (Phi) is 7.17. The molecule has 1 aromatic rings. The average Bonchev–Trinajstić information content (AvgIpc) is 2.44. The van der Waals surface area contributed by atoms with E-state index in [4.69, 9.17) is 10.5 Å². The van der Waals surface area contributed by atoms with E-state index in [2.05, 4.69) is 15.6 Å². The van der Waals surface area contributed by atoms with Crippen LogP contribution in [0.1, 0.15) is 17.3 Å². The van der Waals surface area contributed by atoms with Gasteiger partial charge in [0.25, 0.3) is 5.91 Å². The number of nitrogens with two attached hydrogens (primary N) is 1. The maximum absolute atomic E-state index is 13.4. The van der Waals surface area contributed by atoms with Crippen LogP contribution in [0.3, 0.4) is 0 Å². The molecule has 1 aromatic carbocycles. The van der Waals surface area contributed by atoms with Crippen LogP contribution in [0.15, 0.2) is 29.3 Å². The molecule has 0 aliphatic carbocycles. The summed E-state index contributed by atoms with van der Waals surface area (Å²) >= 11 is 0. The summed E-state index contributed by atoms with van der Waals surface area (Å²) in [6.07, 6.45) is 0. The summed E-state index contributed by atoms with van der Waals surface area (Å²) in [4.78, 5) is 15.8. The van der Waals surface area contributed by atoms with Gasteiger partial charge in [-0.1, -0.05) is 12.1 Å². The normalized spacial score (nSPS) is 12.8. The summed E-state index contributed by atoms with van der Waals surface area (Å²) in [5, 5.41) is 5.52. The Morgan fingerprint density at radius 2 is 2.19 bits per heavy atom. The lowest BCUT2D eigenvalue weighted by Crippen LogP contribution is -2.41. The van der Waals surface area contributed by atoms with E-state index in [1.54, 1.807) is 13.2 Å². The lowest BCUT2D eigenvalue weighted by atomic mass is 10.2. The van der Waals surface area contributed by atoms with Crippen molar-refractivity contribution in [1.29, 1.82) is 0 Å². The molecule has 1 unspecified atom stereocenters. The van der Waals surface area contributed by atoms with Gasteiger partial charge in [0.1, 0.15) is 5.82 Å². The van der Waals surface area contributed by atoms with Gasteiger partial charge in [-0.2, -0.15) is 0 Å². The van der Waals surface area contributed by atoms with Gasteiger partial charge < -0.3 is 21.1 Å². The number of methoxy groups -OCH3 is 1. The number of carbonyl (C=O) groups is 1. The van der Waals surface area contributed by atoms with Crippen LogP contribution in [0.5, 0.6) is 0 Å². The summed E-state index contributed by atoms with van der Waals surface area (Å²) in [5.74, 6) is -0.740. The van der Waals surface area contributed by atoms with E-state index >= 15 is 0 Å². The topological polar surface area (TPSA) is 88.7 Å². The quantitative estimate of drug-likeness (QED) is 0.388. The van der Waals surface area contributed by atoms with Gasteiger partial charge in [0.15, 0.2) is 5.96 Å². The molecule has 4 N–H and O–H groups in total. The number of nitrogens with one attached hydrogen (secondary N) is 2. The molecule has 0 aromatic heterocycles. The maximum atomic E-state index is 13.4. The smallest absolute Gasteiger partial charge is 0.254 e. The van der Waals surface area contributed by atoms with E-state index in [9.17, 15) is 9.18 Å². The highest BCUT2D eigenvalue weighted by Crippen LogP contribution is 2.05. The second-order valence-corrected chi connectivity index (χ2v) is 4.50. The molecule has 7 heteroatoms. The number of aliphatic imine (C=N–C) groups is 1. The molecule has 21 heavy (non-hydrogen) atoms. The first kappa shape index (κ1) is 16.9. The first-order valence-corrected chi connectivity index (χ1v) is 6.62. The van der Waals surface area contributed by atoms with Crippen molar-refractivity contribution < 1.29 is 13.9 Å². The van der Waals surface area contributed by atoms with Crippen LogP contribution in [0.4, 0.5) is 4.39 Å². The minimum atomic E-state index is -0.548. The van der Waals surface area contributed by atoms with Crippen molar-refractivity contribution >= 4 is 11.9 Å². The summed E-state index contributed by atoms with van der Waals surface area (Å²) < 4.78 is 18.3. The number of benzene rings is 1. The van der Waals surface area contributed by atoms with Crippen molar-refractivity contribution in [2.75, 3.05) is 26.8 Å². The second kappa shape index (κ2) is 8.91. The lowest BCUT2D eigenvalue weighted by molar-refractivity contribution is 0.0951. The SMILES string of the molecule is COCC(C)NC(N)=NCCNC(=O)c1ccccc1F. The fourth-order valence-corrected chi connectivity index (χ4v) is 1.68. The van der Waals surface area contributed by atoms with E-state index < -0.39 is 11.7 Å². The van der Waals surface area contributed by atoms with Crippen LogP contribution in [-0.4, -0.2) is 44.7 Å². The molecule has 0 heterocycles. The molecule has 6 nitrogen and oxygen atoms in total. The molecular formula is C14H21FN4O2. The highest BCUT2D eigenvalue weighted by molar-refractivity contribution is 5.94. The minimum Gasteiger partial charge on any atom is -0.383 e. The van der Waals surface area contributed by atoms with Gasteiger partial charge in [0.05, 0.1) is 18.7 Å². The van der Waals surface area contributed by atoms with Crippen LogP contribution < -0.4 is 16.4 Å². The van der Waals surface area contributed by atoms with E-state index in [1.807, 2.05) is 6.92 Å². The van der Waals surface area contributed by atoms with Gasteiger partial charge in [-0.3, -0.25) is 9.79 Å². The second-order valence-electron chi connectivity index (χ2n) is 4.50. The van der Waals surface area contributed by atoms with Gasteiger partial charge in [-0.25, -0.2) is 4.39 Å². The molecule has 0 aliphatic heterocycles. The number of amides is 1. The van der Waals surface area contributed by atoms with Crippen LogP contribution >= 0.6 is 0 Å². The summed E-state index contributed by atoms with van der Waals surface area (Å²) in [6.45, 7) is 3.00. The largest absolute Gasteiger partial charge is 0.383 e. The Bertz CT molecular complexity index is 494. The number of nitrogens with zero attached hydrogens (tertiary/aromatic N) is 1. The molecule has 0 aliphatic rings. The standard InChI is InChI=1S/C14H21FN4O2/c1-10(9-21-2)19-14(16)18-8-7-17-13(20)11-5-3-4-6-12(11)15/h3-6,10H,7-9H2,1-2H3,(H,17,20)(H3,16,18,19). The van der Waals surface area contributed by atoms with Crippen molar-refractivity contribution in [1.82, 2.24) is 10.6 Å². The number of rotatable bonds is 7. The van der Waals surface area contributed by atoms with Crippen molar-refractivity contribution in [2.45, 2.75) is 13.0 Å². The number of hydrogen-bond donors (Lipinski definition) is 3. The molecule has 0 fully saturated rings. The number of halogens is 1. The zero-order chi connectivity index (χ0) is 15.7. The van der Waals surface area contributed by atoms with E-state index in [-0.39, 0.29) is 24.1 Å². The Hall–Kier alpha value is -2.15. The summed E-state index contributed by atoms with van der Waals surface area (Å²) in [6, 6.07) is 5.86. The molecule has 1 rings (SSSR count). The molecular weight excluding hydrogens is 275 g/mol. The third kappa shape index (κ3) is 6.22. The van der Waals surface area contributed by atoms with Gasteiger partial charge in [0, 0.05) is 19.7 Å². The van der Waals surface area contributed by atoms with Gasteiger partial charge in [-0.15, -0.1) is 0 Å². The predicted molar refractivity (Wildman–Crippen MR) is 79.7 cm³/mol. The van der Waals surface area contributed by atoms with Gasteiger partial charge in [-0.05, 0) is 19.1 Å². The molecule has 1 atom stereocenters. The average molecular weight is 296 g/mol. The van der Waals surface area contributed by atoms with Crippen molar-refractivity contribution in [2.24, 2.45) is 10.7 Å². The van der Waals surface area contributed by atoms with Crippen molar-refractivity contribution in [3.63, 3.8) is 0 Å². The van der Waals surface area contributed by atoms with Crippen molar-refractivity contribution in [3.8, 4) is 0 Å². The highest BCUT2D eigenvalue weighted by atomic mass is 19.1. The fourth-order valence-electron chi connectivity index (χ4n) is 1.68. The molecule has 0 saturated carbocycles. The molecule has 116 valence electrons. The molecule has 0 spiro atoms. The summed E-state index contributed by atoms with van der Waals surface area (Å²) in [5.41, 5.74) is 5.68. The fraction of sp³-hybridized carbons (Fsp3) is 0.429. The number of carbonyl (C=O) groups excluding carboxylic acids is 1. The zero-order valence-corrected chi connectivity index (χ0v) is 12.2. The Morgan fingerprint density at radius 3 is 2.86 bits per heavy atom. The lowest BCUT2D eigenvalue weighted by Gasteiger charge is -2.13. The third-order valence-electron chi connectivity index (χ3n) is 2.61. The number of guanidine groups is 1. The molecule has 0 bridgehead atoms. The predicted octanol–water partition coefficient (Wildman–Crippen LogP) is 0.495. The Labute approximate surface area is 123 Å². The third-order valence-corrected chi connectivity index (χ3v) is 2.61. The maximum Gasteiger partial charge on any atom is 0.254 e. The van der Waals surface area contributed by atoms with E-state index in [1.165, 1.54) is 18.2 Å². The first-order valence-electron chi connectivity index (χ1n) is 6.62. The summed E-state index contributed by atoms with van der Waals surface area (Å²) in [7, 11) is 1.60. The number of ether oxygens (including phenoxy) is 1. The van der Waals surface area contributed by atoms with E-state index in [0.717, 1.165) is 0 Å². The van der Waals surface area contributed by atoms with Crippen molar-refractivity contribution in [3.05, 3.63) is 35.6 Å². The highest BCUT2D eigenvalue weighted by Gasteiger charge is 2.09. The Morgan fingerprint density at radius 1 is 1.48 bits per heavy atom. The van der Waals surface area contributed by atoms with Crippen LogP contribution in [0.2, 0.25) is 0 Å². The minimum absolute atomic E-state index is 0.0151. The molecule has 0 radical (unpaired) electrons. The number of hydrogen-bond acceptors (Lipinski definition) is 3. The molecule has 1 amide bonds. The van der Waals surface area contributed by atoms with Crippen LogP contribution in [0, 0.1) is 5.82 Å². The van der Waals surface area contributed by atoms with Gasteiger partial charge in [0.2, 0.25) is 0 Å². The monoisotopic (exact) mass is 296 g/mol.